The molecule has 1 rings (SSSR count). The number of rotatable bonds is 1. The molecule has 1 aliphatic heterocycles. The quantitative estimate of drug-likeness (QED) is 0.562. The Balaban J connectivity index is 0.000000810. The molecule has 1 amide bonds. The van der Waals surface area contributed by atoms with Crippen molar-refractivity contribution >= 4 is 18.3 Å². The van der Waals surface area contributed by atoms with E-state index in [2.05, 4.69) is 10.6 Å². The van der Waals surface area contributed by atoms with Crippen LogP contribution < -0.4 is 10.6 Å². The highest BCUT2D eigenvalue weighted by Crippen LogP contribution is 2.05. The Morgan fingerprint density at radius 2 is 2.40 bits per heavy atom. The van der Waals surface area contributed by atoms with Crippen molar-refractivity contribution in [2.75, 3.05) is 20.1 Å². The van der Waals surface area contributed by atoms with Crippen molar-refractivity contribution in [1.82, 2.24) is 10.6 Å². The van der Waals surface area contributed by atoms with E-state index in [0.717, 1.165) is 19.5 Å². The van der Waals surface area contributed by atoms with Gasteiger partial charge in [-0.25, -0.2) is 0 Å². The van der Waals surface area contributed by atoms with Gasteiger partial charge < -0.3 is 10.6 Å². The summed E-state index contributed by atoms with van der Waals surface area (Å²) in [5.41, 5.74) is 0. The maximum Gasteiger partial charge on any atom is 0.224 e. The molecule has 2 N–H and O–H groups in total. The van der Waals surface area contributed by atoms with Crippen LogP contribution >= 0.6 is 12.4 Å². The van der Waals surface area contributed by atoms with Gasteiger partial charge in [-0.05, 0) is 13.0 Å². The largest absolute Gasteiger partial charge is 0.359 e. The van der Waals surface area contributed by atoms with Gasteiger partial charge >= 0.3 is 0 Å². The number of hydrogen-bond acceptors (Lipinski definition) is 2. The van der Waals surface area contributed by atoms with E-state index in [0.29, 0.717) is 0 Å². The van der Waals surface area contributed by atoms with E-state index in [1.165, 1.54) is 0 Å². The molecule has 1 atom stereocenters. The van der Waals surface area contributed by atoms with Gasteiger partial charge in [0.1, 0.15) is 0 Å². The van der Waals surface area contributed by atoms with Crippen molar-refractivity contribution in [1.29, 1.82) is 0 Å². The first-order valence-electron chi connectivity index (χ1n) is 3.27. The lowest BCUT2D eigenvalue weighted by Crippen LogP contribution is -2.28. The van der Waals surface area contributed by atoms with Gasteiger partial charge in [-0.1, -0.05) is 0 Å². The molecule has 1 saturated heterocycles. The van der Waals surface area contributed by atoms with Gasteiger partial charge in [-0.3, -0.25) is 4.79 Å². The summed E-state index contributed by atoms with van der Waals surface area (Å²) in [5.74, 6) is 0.384. The van der Waals surface area contributed by atoms with Crippen molar-refractivity contribution in [2.24, 2.45) is 5.92 Å². The molecule has 0 aliphatic carbocycles. The molecule has 0 spiro atoms. The fraction of sp³-hybridized carbons (Fsp3) is 0.833. The van der Waals surface area contributed by atoms with Gasteiger partial charge in [-0.2, -0.15) is 0 Å². The summed E-state index contributed by atoms with van der Waals surface area (Å²) >= 11 is 0. The Kier molecular flexibility index (Phi) is 4.40. The summed E-state index contributed by atoms with van der Waals surface area (Å²) in [6.45, 7) is 1.83. The average Bonchev–Trinajstić information content (AvgIpc) is 2.37. The second-order valence-corrected chi connectivity index (χ2v) is 2.30. The maximum atomic E-state index is 10.9. The highest BCUT2D eigenvalue weighted by Gasteiger charge is 2.20. The summed E-state index contributed by atoms with van der Waals surface area (Å²) in [4.78, 5) is 10.9. The lowest BCUT2D eigenvalue weighted by molar-refractivity contribution is -0.123. The third kappa shape index (κ3) is 2.15. The third-order valence-corrected chi connectivity index (χ3v) is 1.68. The minimum Gasteiger partial charge on any atom is -0.359 e. The second kappa shape index (κ2) is 4.52. The van der Waals surface area contributed by atoms with E-state index in [1.54, 1.807) is 7.05 Å². The molecule has 0 aromatic heterocycles. The van der Waals surface area contributed by atoms with Crippen LogP contribution in [0, 0.1) is 5.92 Å². The highest BCUT2D eigenvalue weighted by molar-refractivity contribution is 5.85. The Labute approximate surface area is 67.0 Å². The van der Waals surface area contributed by atoms with Gasteiger partial charge in [-0.15, -0.1) is 12.4 Å². The molecule has 60 valence electrons. The molecule has 0 radical (unpaired) electrons. The molecule has 3 nitrogen and oxygen atoms in total. The number of carbonyl (C=O) groups is 1. The summed E-state index contributed by atoms with van der Waals surface area (Å²) in [7, 11) is 1.68. The predicted molar refractivity (Wildman–Crippen MR) is 42.3 cm³/mol. The SMILES string of the molecule is CNC(=O)[C@H]1CCNC1.Cl. The lowest BCUT2D eigenvalue weighted by Gasteiger charge is -2.03. The number of nitrogens with one attached hydrogen (secondary N) is 2. The molecule has 0 saturated carbocycles. The molecule has 10 heavy (non-hydrogen) atoms. The monoisotopic (exact) mass is 164 g/mol. The van der Waals surface area contributed by atoms with E-state index in [9.17, 15) is 4.79 Å². The third-order valence-electron chi connectivity index (χ3n) is 1.68. The molecule has 1 heterocycles. The standard InChI is InChI=1S/C6H12N2O.ClH/c1-7-6(9)5-2-3-8-4-5;/h5,8H,2-4H2,1H3,(H,7,9);1H/t5-;/m0./s1. The predicted octanol–water partition coefficient (Wildman–Crippen LogP) is -0.236. The fourth-order valence-corrected chi connectivity index (χ4v) is 1.08. The normalized spacial score (nSPS) is 23.5. The molecule has 0 bridgehead atoms. The summed E-state index contributed by atoms with van der Waals surface area (Å²) in [6, 6.07) is 0. The number of carbonyl (C=O) groups excluding carboxylic acids is 1. The van der Waals surface area contributed by atoms with Crippen LogP contribution in [0.5, 0.6) is 0 Å². The van der Waals surface area contributed by atoms with Gasteiger partial charge in [0.25, 0.3) is 0 Å². The van der Waals surface area contributed by atoms with E-state index in [-0.39, 0.29) is 24.2 Å². The van der Waals surface area contributed by atoms with Crippen molar-refractivity contribution in [3.05, 3.63) is 0 Å². The Hall–Kier alpha value is -0.280. The molecule has 0 aromatic rings. The van der Waals surface area contributed by atoms with Crippen molar-refractivity contribution in [3.8, 4) is 0 Å². The van der Waals surface area contributed by atoms with Crippen LogP contribution in [0.4, 0.5) is 0 Å². The first-order valence-corrected chi connectivity index (χ1v) is 3.27. The van der Waals surface area contributed by atoms with Crippen molar-refractivity contribution in [3.63, 3.8) is 0 Å². The number of hydrogen-bond donors (Lipinski definition) is 2. The molecule has 1 aliphatic rings. The van der Waals surface area contributed by atoms with Crippen molar-refractivity contribution < 1.29 is 4.79 Å². The van der Waals surface area contributed by atoms with Gasteiger partial charge in [0.05, 0.1) is 5.92 Å². The van der Waals surface area contributed by atoms with E-state index in [1.807, 2.05) is 0 Å². The van der Waals surface area contributed by atoms with Crippen molar-refractivity contribution in [2.45, 2.75) is 6.42 Å². The smallest absolute Gasteiger partial charge is 0.224 e. The Morgan fingerprint density at radius 3 is 2.80 bits per heavy atom. The van der Waals surface area contributed by atoms with E-state index >= 15 is 0 Å². The van der Waals surface area contributed by atoms with E-state index < -0.39 is 0 Å². The van der Waals surface area contributed by atoms with Gasteiger partial charge in [0, 0.05) is 13.6 Å². The van der Waals surface area contributed by atoms with Gasteiger partial charge in [0.2, 0.25) is 5.91 Å². The first kappa shape index (κ1) is 9.72. The molecule has 1 fully saturated rings. The molecule has 0 aromatic carbocycles. The van der Waals surface area contributed by atoms with Crippen LogP contribution in [0.25, 0.3) is 0 Å². The van der Waals surface area contributed by atoms with Gasteiger partial charge in [0.15, 0.2) is 0 Å². The highest BCUT2D eigenvalue weighted by atomic mass is 35.5. The minimum absolute atomic E-state index is 0. The van der Waals surface area contributed by atoms with Crippen LogP contribution in [0.15, 0.2) is 0 Å². The summed E-state index contributed by atoms with van der Waals surface area (Å²) in [6.07, 6.45) is 0.986. The Morgan fingerprint density at radius 1 is 1.70 bits per heavy atom. The second-order valence-electron chi connectivity index (χ2n) is 2.30. The maximum absolute atomic E-state index is 10.9. The lowest BCUT2D eigenvalue weighted by atomic mass is 10.1. The first-order chi connectivity index (χ1) is 4.34. The van der Waals surface area contributed by atoms with E-state index in [4.69, 9.17) is 0 Å². The van der Waals surface area contributed by atoms with Crippen LogP contribution in [0.1, 0.15) is 6.42 Å². The molecular formula is C6H13ClN2O. The van der Waals surface area contributed by atoms with Crippen LogP contribution in [0.3, 0.4) is 0 Å². The number of halogens is 1. The zero-order valence-corrected chi connectivity index (χ0v) is 6.83. The van der Waals surface area contributed by atoms with Crippen LogP contribution in [0.2, 0.25) is 0 Å². The number of amides is 1. The zero-order chi connectivity index (χ0) is 6.69. The van der Waals surface area contributed by atoms with Crippen LogP contribution in [-0.4, -0.2) is 26.0 Å². The minimum atomic E-state index is 0. The molecular weight excluding hydrogens is 152 g/mol. The topological polar surface area (TPSA) is 41.1 Å². The molecule has 0 unspecified atom stereocenters. The average molecular weight is 165 g/mol. The summed E-state index contributed by atoms with van der Waals surface area (Å²) < 4.78 is 0. The molecule has 4 heteroatoms. The fourth-order valence-electron chi connectivity index (χ4n) is 1.08. The summed E-state index contributed by atoms with van der Waals surface area (Å²) in [5, 5.41) is 5.75. The van der Waals surface area contributed by atoms with Crippen LogP contribution in [-0.2, 0) is 4.79 Å². The zero-order valence-electron chi connectivity index (χ0n) is 6.02. The Bertz CT molecular complexity index is 112.